The normalized spacial score (nSPS) is 13.8. The molecule has 0 aromatic heterocycles. The largest absolute Gasteiger partial charge is 0.392 e. The SMILES string of the molecule is CCC(CC)NC(=O)NCC(C)(C)C(O)C(C)C. The van der Waals surface area contributed by atoms with E-state index in [0.29, 0.717) is 6.54 Å². The van der Waals surface area contributed by atoms with Crippen LogP contribution < -0.4 is 10.6 Å². The number of hydrogen-bond donors (Lipinski definition) is 3. The van der Waals surface area contributed by atoms with Crippen molar-refractivity contribution in [2.45, 2.75) is 66.5 Å². The lowest BCUT2D eigenvalue weighted by atomic mass is 9.81. The van der Waals surface area contributed by atoms with Crippen LogP contribution in [0.4, 0.5) is 4.79 Å². The molecule has 1 atom stereocenters. The number of nitrogens with one attached hydrogen (secondary N) is 2. The molecule has 108 valence electrons. The van der Waals surface area contributed by atoms with Crippen molar-refractivity contribution in [3.63, 3.8) is 0 Å². The van der Waals surface area contributed by atoms with Crippen LogP contribution in [-0.2, 0) is 0 Å². The van der Waals surface area contributed by atoms with Crippen molar-refractivity contribution in [2.24, 2.45) is 11.3 Å². The van der Waals surface area contributed by atoms with Gasteiger partial charge in [0.15, 0.2) is 0 Å². The van der Waals surface area contributed by atoms with E-state index in [2.05, 4.69) is 24.5 Å². The molecule has 0 aliphatic carbocycles. The van der Waals surface area contributed by atoms with Crippen LogP contribution in [-0.4, -0.2) is 29.8 Å². The predicted molar refractivity (Wildman–Crippen MR) is 75.5 cm³/mol. The maximum atomic E-state index is 11.7. The fourth-order valence-electron chi connectivity index (χ4n) is 2.04. The predicted octanol–water partition coefficient (Wildman–Crippen LogP) is 2.52. The molecule has 0 spiro atoms. The summed E-state index contributed by atoms with van der Waals surface area (Å²) in [5, 5.41) is 15.8. The first-order chi connectivity index (χ1) is 8.24. The van der Waals surface area contributed by atoms with Gasteiger partial charge in [-0.2, -0.15) is 0 Å². The van der Waals surface area contributed by atoms with E-state index < -0.39 is 6.10 Å². The second-order valence-corrected chi connectivity index (χ2v) is 6.02. The Morgan fingerprint density at radius 1 is 1.22 bits per heavy atom. The zero-order valence-electron chi connectivity index (χ0n) is 12.7. The molecule has 0 aromatic rings. The Balaban J connectivity index is 4.19. The first kappa shape index (κ1) is 17.2. The van der Waals surface area contributed by atoms with Gasteiger partial charge >= 0.3 is 6.03 Å². The molecule has 1 unspecified atom stereocenters. The van der Waals surface area contributed by atoms with Crippen molar-refractivity contribution in [3.8, 4) is 0 Å². The minimum atomic E-state index is -0.425. The van der Waals surface area contributed by atoms with Gasteiger partial charge in [-0.3, -0.25) is 0 Å². The van der Waals surface area contributed by atoms with Gasteiger partial charge in [-0.1, -0.05) is 41.5 Å². The summed E-state index contributed by atoms with van der Waals surface area (Å²) in [6.45, 7) is 12.5. The molecule has 4 nitrogen and oxygen atoms in total. The highest BCUT2D eigenvalue weighted by molar-refractivity contribution is 5.74. The number of urea groups is 1. The third-order valence-electron chi connectivity index (χ3n) is 3.46. The molecule has 0 aliphatic rings. The molecule has 2 amide bonds. The van der Waals surface area contributed by atoms with Gasteiger partial charge in [-0.15, -0.1) is 0 Å². The van der Waals surface area contributed by atoms with Crippen LogP contribution in [0, 0.1) is 11.3 Å². The third kappa shape index (κ3) is 5.71. The van der Waals surface area contributed by atoms with Gasteiger partial charge in [0.25, 0.3) is 0 Å². The van der Waals surface area contributed by atoms with Gasteiger partial charge < -0.3 is 15.7 Å². The number of rotatable bonds is 7. The van der Waals surface area contributed by atoms with E-state index in [1.165, 1.54) is 0 Å². The van der Waals surface area contributed by atoms with Crippen LogP contribution in [0.25, 0.3) is 0 Å². The smallest absolute Gasteiger partial charge is 0.315 e. The highest BCUT2D eigenvalue weighted by Crippen LogP contribution is 2.24. The maximum Gasteiger partial charge on any atom is 0.315 e. The van der Waals surface area contributed by atoms with Gasteiger partial charge in [0.1, 0.15) is 0 Å². The van der Waals surface area contributed by atoms with Crippen LogP contribution in [0.3, 0.4) is 0 Å². The number of hydrogen-bond acceptors (Lipinski definition) is 2. The first-order valence-corrected chi connectivity index (χ1v) is 6.97. The van der Waals surface area contributed by atoms with Crippen LogP contribution in [0.2, 0.25) is 0 Å². The Labute approximate surface area is 112 Å². The lowest BCUT2D eigenvalue weighted by molar-refractivity contribution is 0.0151. The van der Waals surface area contributed by atoms with Crippen LogP contribution >= 0.6 is 0 Å². The Bertz CT molecular complexity index is 248. The summed E-state index contributed by atoms with van der Waals surface area (Å²) < 4.78 is 0. The van der Waals surface area contributed by atoms with Crippen LogP contribution in [0.15, 0.2) is 0 Å². The van der Waals surface area contributed by atoms with Gasteiger partial charge in [0.05, 0.1) is 6.10 Å². The molecular formula is C14H30N2O2. The summed E-state index contributed by atoms with van der Waals surface area (Å²) in [6, 6.07) is 0.0795. The molecule has 18 heavy (non-hydrogen) atoms. The summed E-state index contributed by atoms with van der Waals surface area (Å²) in [7, 11) is 0. The number of aliphatic hydroxyl groups is 1. The average molecular weight is 258 g/mol. The molecular weight excluding hydrogens is 228 g/mol. The number of aliphatic hydroxyl groups excluding tert-OH is 1. The second-order valence-electron chi connectivity index (χ2n) is 6.02. The highest BCUT2D eigenvalue weighted by atomic mass is 16.3. The maximum absolute atomic E-state index is 11.7. The van der Waals surface area contributed by atoms with Crippen molar-refractivity contribution in [1.29, 1.82) is 0 Å². The third-order valence-corrected chi connectivity index (χ3v) is 3.46. The lowest BCUT2D eigenvalue weighted by Gasteiger charge is -2.33. The quantitative estimate of drug-likeness (QED) is 0.657. The monoisotopic (exact) mass is 258 g/mol. The molecule has 0 aliphatic heterocycles. The van der Waals surface area contributed by atoms with Gasteiger partial charge in [-0.25, -0.2) is 4.79 Å². The van der Waals surface area contributed by atoms with Crippen LogP contribution in [0.1, 0.15) is 54.4 Å². The average Bonchev–Trinajstić information content (AvgIpc) is 2.32. The van der Waals surface area contributed by atoms with Crippen molar-refractivity contribution >= 4 is 6.03 Å². The molecule has 0 rings (SSSR count). The zero-order valence-corrected chi connectivity index (χ0v) is 12.7. The minimum absolute atomic E-state index is 0.146. The van der Waals surface area contributed by atoms with E-state index in [-0.39, 0.29) is 23.4 Å². The topological polar surface area (TPSA) is 61.4 Å². The zero-order chi connectivity index (χ0) is 14.3. The van der Waals surface area contributed by atoms with Crippen molar-refractivity contribution < 1.29 is 9.90 Å². The summed E-state index contributed by atoms with van der Waals surface area (Å²) in [6.07, 6.45) is 1.44. The first-order valence-electron chi connectivity index (χ1n) is 6.97. The summed E-state index contributed by atoms with van der Waals surface area (Å²) >= 11 is 0. The fraction of sp³-hybridized carbons (Fsp3) is 0.929. The molecule has 3 N–H and O–H groups in total. The van der Waals surface area contributed by atoms with E-state index in [1.54, 1.807) is 0 Å². The Morgan fingerprint density at radius 3 is 2.11 bits per heavy atom. The van der Waals surface area contributed by atoms with E-state index in [4.69, 9.17) is 0 Å². The number of amides is 2. The standard InChI is InChI=1S/C14H30N2O2/c1-7-11(8-2)16-13(18)15-9-14(5,6)12(17)10(3)4/h10-12,17H,7-9H2,1-6H3,(H2,15,16,18). The van der Waals surface area contributed by atoms with Gasteiger partial charge in [0, 0.05) is 18.0 Å². The fourth-order valence-corrected chi connectivity index (χ4v) is 2.04. The Morgan fingerprint density at radius 2 is 1.72 bits per heavy atom. The second kappa shape index (κ2) is 7.62. The Hall–Kier alpha value is -0.770. The van der Waals surface area contributed by atoms with Crippen molar-refractivity contribution in [2.75, 3.05) is 6.54 Å². The summed E-state index contributed by atoms with van der Waals surface area (Å²) in [5.74, 6) is 0.184. The van der Waals surface area contributed by atoms with E-state index >= 15 is 0 Å². The van der Waals surface area contributed by atoms with E-state index in [9.17, 15) is 9.90 Å². The molecule has 0 bridgehead atoms. The molecule has 0 saturated heterocycles. The van der Waals surface area contributed by atoms with Gasteiger partial charge in [0.2, 0.25) is 0 Å². The molecule has 0 saturated carbocycles. The van der Waals surface area contributed by atoms with Crippen molar-refractivity contribution in [1.82, 2.24) is 10.6 Å². The number of carbonyl (C=O) groups excluding carboxylic acids is 1. The molecule has 0 radical (unpaired) electrons. The molecule has 4 heteroatoms. The van der Waals surface area contributed by atoms with E-state index in [0.717, 1.165) is 12.8 Å². The van der Waals surface area contributed by atoms with Crippen molar-refractivity contribution in [3.05, 3.63) is 0 Å². The van der Waals surface area contributed by atoms with E-state index in [1.807, 2.05) is 27.7 Å². The molecule has 0 fully saturated rings. The molecule has 0 aromatic carbocycles. The lowest BCUT2D eigenvalue weighted by Crippen LogP contribution is -2.48. The summed E-state index contributed by atoms with van der Waals surface area (Å²) in [5.41, 5.74) is -0.320. The summed E-state index contributed by atoms with van der Waals surface area (Å²) in [4.78, 5) is 11.7. The van der Waals surface area contributed by atoms with Gasteiger partial charge in [-0.05, 0) is 18.8 Å². The van der Waals surface area contributed by atoms with Crippen LogP contribution in [0.5, 0.6) is 0 Å². The Kier molecular flexibility index (Phi) is 7.29. The molecule has 0 heterocycles. The minimum Gasteiger partial charge on any atom is -0.392 e. The number of carbonyl (C=O) groups is 1. The highest BCUT2D eigenvalue weighted by Gasteiger charge is 2.30.